The van der Waals surface area contributed by atoms with E-state index in [2.05, 4.69) is 11.9 Å². The van der Waals surface area contributed by atoms with Gasteiger partial charge in [0.2, 0.25) is 0 Å². The van der Waals surface area contributed by atoms with Crippen molar-refractivity contribution in [1.29, 1.82) is 0 Å². The Hall–Kier alpha value is -0.420. The Morgan fingerprint density at radius 1 is 1.31 bits per heavy atom. The van der Waals surface area contributed by atoms with Crippen molar-refractivity contribution < 1.29 is 13.7 Å². The third-order valence-electron chi connectivity index (χ3n) is 4.34. The summed E-state index contributed by atoms with van der Waals surface area (Å²) in [7, 11) is 1.27. The predicted octanol–water partition coefficient (Wildman–Crippen LogP) is 0.284. The molecule has 0 N–H and O–H groups in total. The topological polar surface area (TPSA) is 46.6 Å². The number of carbonyl (C=O) groups excluding carboxylic acids is 1. The molecule has 3 heterocycles. The number of carbonyl (C=O) groups is 1. The lowest BCUT2D eigenvalue weighted by molar-refractivity contribution is -0.149. The minimum Gasteiger partial charge on any atom is -0.460 e. The van der Waals surface area contributed by atoms with E-state index in [1.54, 1.807) is 0 Å². The molecule has 4 nitrogen and oxygen atoms in total. The third kappa shape index (κ3) is 1.31. The normalized spacial score (nSPS) is 50.6. The van der Waals surface area contributed by atoms with Gasteiger partial charge >= 0.3 is 5.97 Å². The lowest BCUT2D eigenvalue weighted by Crippen LogP contribution is -2.51. The van der Waals surface area contributed by atoms with E-state index in [-0.39, 0.29) is 17.3 Å². The first-order valence-electron chi connectivity index (χ1n) is 5.88. The van der Waals surface area contributed by atoms with Crippen molar-refractivity contribution in [1.82, 2.24) is 4.90 Å². The van der Waals surface area contributed by atoms with Crippen LogP contribution in [0.25, 0.3) is 0 Å². The zero-order chi connectivity index (χ0) is 11.4. The molecule has 5 heteroatoms. The van der Waals surface area contributed by atoms with Crippen LogP contribution >= 0.6 is 0 Å². The van der Waals surface area contributed by atoms with Gasteiger partial charge in [-0.25, -0.2) is 0 Å². The average molecular weight is 243 g/mol. The number of nitrogens with zero attached hydrogens (tertiary/aromatic N) is 1. The molecule has 0 aliphatic carbocycles. The molecule has 3 aliphatic heterocycles. The number of fused-ring (bicyclic) bond motifs is 2. The number of likely N-dealkylation sites (N-methyl/N-ethyl adjacent to an activating group) is 1. The van der Waals surface area contributed by atoms with E-state index in [4.69, 9.17) is 4.74 Å². The molecule has 6 unspecified atom stereocenters. The van der Waals surface area contributed by atoms with Gasteiger partial charge in [-0.15, -0.1) is 0 Å². The lowest BCUT2D eigenvalue weighted by atomic mass is 9.96. The van der Waals surface area contributed by atoms with E-state index in [0.717, 1.165) is 19.3 Å². The molecule has 0 aromatic carbocycles. The summed E-state index contributed by atoms with van der Waals surface area (Å²) in [4.78, 5) is 13.4. The van der Waals surface area contributed by atoms with Gasteiger partial charge in [-0.05, 0) is 26.3 Å². The molecule has 16 heavy (non-hydrogen) atoms. The molecule has 3 fully saturated rings. The number of likely N-dealkylation sites (tertiary alicyclic amines) is 1. The molecular formula is C11H17NO3S. The highest BCUT2D eigenvalue weighted by Crippen LogP contribution is 2.45. The van der Waals surface area contributed by atoms with Gasteiger partial charge in [0.05, 0.1) is 10.5 Å². The van der Waals surface area contributed by atoms with Crippen LogP contribution in [0.4, 0.5) is 0 Å². The van der Waals surface area contributed by atoms with Gasteiger partial charge in [0, 0.05) is 29.8 Å². The Bertz CT molecular complexity index is 359. The Kier molecular flexibility index (Phi) is 2.37. The summed E-state index contributed by atoms with van der Waals surface area (Å²) in [6, 6.07) is 0.742. The smallest absolute Gasteiger partial charge is 0.302 e. The maximum absolute atomic E-state index is 12.3. The fraction of sp³-hybridized carbons (Fsp3) is 0.909. The highest BCUT2D eigenvalue weighted by Gasteiger charge is 2.58. The van der Waals surface area contributed by atoms with E-state index in [1.807, 2.05) is 0 Å². The highest BCUT2D eigenvalue weighted by atomic mass is 32.2. The molecule has 3 rings (SSSR count). The lowest BCUT2D eigenvalue weighted by Gasteiger charge is -2.37. The van der Waals surface area contributed by atoms with Crippen LogP contribution in [0.5, 0.6) is 0 Å². The second-order valence-corrected chi connectivity index (χ2v) is 6.96. The zero-order valence-electron chi connectivity index (χ0n) is 9.59. The summed E-state index contributed by atoms with van der Waals surface area (Å²) in [5, 5.41) is 0.398. The van der Waals surface area contributed by atoms with Crippen molar-refractivity contribution in [2.24, 2.45) is 0 Å². The number of hydrogen-bond acceptors (Lipinski definition) is 4. The fourth-order valence-electron chi connectivity index (χ4n) is 3.64. The standard InChI is InChI=1S/C11H17NO3S/c1-6(13)15-11-8-5-10-7(12(8)2)3-4-9(11)16(10)14/h7-11H,3-5H2,1-2H3. The van der Waals surface area contributed by atoms with Gasteiger partial charge in [-0.3, -0.25) is 13.9 Å². The van der Waals surface area contributed by atoms with Crippen LogP contribution in [0.1, 0.15) is 26.2 Å². The molecule has 3 bridgehead atoms. The Balaban J connectivity index is 1.94. The van der Waals surface area contributed by atoms with Crippen LogP contribution < -0.4 is 0 Å². The molecular weight excluding hydrogens is 226 g/mol. The summed E-state index contributed by atoms with van der Waals surface area (Å²) in [6.45, 7) is 1.44. The zero-order valence-corrected chi connectivity index (χ0v) is 10.4. The van der Waals surface area contributed by atoms with Crippen molar-refractivity contribution in [3.05, 3.63) is 0 Å². The fourth-order valence-corrected chi connectivity index (χ4v) is 5.98. The van der Waals surface area contributed by atoms with Crippen molar-refractivity contribution in [2.75, 3.05) is 7.05 Å². The van der Waals surface area contributed by atoms with Crippen molar-refractivity contribution in [3.63, 3.8) is 0 Å². The van der Waals surface area contributed by atoms with E-state index in [1.165, 1.54) is 6.92 Å². The van der Waals surface area contributed by atoms with Crippen LogP contribution in [0.2, 0.25) is 0 Å². The Morgan fingerprint density at radius 2 is 2.06 bits per heavy atom. The van der Waals surface area contributed by atoms with Gasteiger partial charge in [0.15, 0.2) is 0 Å². The molecule has 0 spiro atoms. The second kappa shape index (κ2) is 3.53. The molecule has 0 aromatic rings. The number of hydrogen-bond donors (Lipinski definition) is 0. The summed E-state index contributed by atoms with van der Waals surface area (Å²) >= 11 is 0. The molecule has 0 amide bonds. The van der Waals surface area contributed by atoms with E-state index >= 15 is 0 Å². The first kappa shape index (κ1) is 10.7. The van der Waals surface area contributed by atoms with Crippen molar-refractivity contribution in [3.8, 4) is 0 Å². The van der Waals surface area contributed by atoms with Gasteiger partial charge in [-0.1, -0.05) is 0 Å². The van der Waals surface area contributed by atoms with Gasteiger partial charge in [0.25, 0.3) is 0 Å². The number of esters is 1. The molecule has 3 aliphatic rings. The van der Waals surface area contributed by atoms with E-state index < -0.39 is 10.8 Å². The SMILES string of the molecule is CC(=O)OC1C2CC3C(CCC1S3=O)N2C. The number of ether oxygens (including phenoxy) is 1. The van der Waals surface area contributed by atoms with E-state index in [9.17, 15) is 9.00 Å². The van der Waals surface area contributed by atoms with Gasteiger partial charge < -0.3 is 4.74 Å². The highest BCUT2D eigenvalue weighted by molar-refractivity contribution is 7.86. The first-order valence-corrected chi connectivity index (χ1v) is 7.15. The molecule has 6 atom stereocenters. The van der Waals surface area contributed by atoms with Crippen LogP contribution in [0, 0.1) is 0 Å². The summed E-state index contributed by atoms with van der Waals surface area (Å²) in [5.74, 6) is -0.246. The largest absolute Gasteiger partial charge is 0.460 e. The summed E-state index contributed by atoms with van der Waals surface area (Å²) in [6.07, 6.45) is 2.83. The van der Waals surface area contributed by atoms with Crippen LogP contribution in [0.15, 0.2) is 0 Å². The minimum atomic E-state index is -0.810. The van der Waals surface area contributed by atoms with Gasteiger partial charge in [0.1, 0.15) is 6.10 Å². The predicted molar refractivity (Wildman–Crippen MR) is 60.5 cm³/mol. The Labute approximate surface area is 97.8 Å². The summed E-state index contributed by atoms with van der Waals surface area (Å²) in [5.41, 5.74) is 0. The second-order valence-electron chi connectivity index (χ2n) is 5.09. The molecule has 0 saturated carbocycles. The summed E-state index contributed by atoms with van der Waals surface area (Å²) < 4.78 is 17.7. The van der Waals surface area contributed by atoms with Crippen LogP contribution in [0.3, 0.4) is 0 Å². The number of rotatable bonds is 1. The first-order chi connectivity index (χ1) is 7.59. The van der Waals surface area contributed by atoms with Crippen LogP contribution in [-0.2, 0) is 20.3 Å². The van der Waals surface area contributed by atoms with E-state index in [0.29, 0.717) is 17.3 Å². The quantitative estimate of drug-likeness (QED) is 0.621. The maximum Gasteiger partial charge on any atom is 0.302 e. The molecule has 0 radical (unpaired) electrons. The van der Waals surface area contributed by atoms with Crippen LogP contribution in [-0.4, -0.2) is 50.8 Å². The monoisotopic (exact) mass is 243 g/mol. The van der Waals surface area contributed by atoms with Crippen molar-refractivity contribution in [2.45, 2.75) is 54.9 Å². The third-order valence-corrected chi connectivity index (χ3v) is 6.54. The maximum atomic E-state index is 12.3. The molecule has 90 valence electrons. The molecule has 0 aromatic heterocycles. The average Bonchev–Trinajstić information content (AvgIpc) is 2.44. The molecule has 3 saturated heterocycles. The minimum absolute atomic E-state index is 0.0776. The van der Waals surface area contributed by atoms with Gasteiger partial charge in [-0.2, -0.15) is 0 Å². The Morgan fingerprint density at radius 3 is 2.75 bits per heavy atom. The van der Waals surface area contributed by atoms with Crippen molar-refractivity contribution >= 4 is 16.8 Å².